The van der Waals surface area contributed by atoms with E-state index in [0.29, 0.717) is 18.4 Å². The molecule has 1 aliphatic carbocycles. The Labute approximate surface area is 140 Å². The van der Waals surface area contributed by atoms with Gasteiger partial charge in [0.15, 0.2) is 0 Å². The highest BCUT2D eigenvalue weighted by Crippen LogP contribution is 2.42. The number of likely N-dealkylation sites (tertiary alicyclic amines) is 1. The first-order chi connectivity index (χ1) is 11.4. The Morgan fingerprint density at radius 3 is 2.42 bits per heavy atom. The number of primary amides is 1. The van der Waals surface area contributed by atoms with Crippen molar-refractivity contribution in [2.24, 2.45) is 5.73 Å². The van der Waals surface area contributed by atoms with Gasteiger partial charge in [-0.15, -0.1) is 0 Å². The number of rotatable bonds is 3. The van der Waals surface area contributed by atoms with Crippen molar-refractivity contribution in [1.82, 2.24) is 4.90 Å². The molecule has 1 aromatic carbocycles. The molecule has 3 nitrogen and oxygen atoms in total. The Hall–Kier alpha value is -1.56. The molecule has 2 N–H and O–H groups in total. The van der Waals surface area contributed by atoms with Crippen molar-refractivity contribution >= 4 is 5.91 Å². The zero-order chi connectivity index (χ0) is 17.3. The molecule has 1 heterocycles. The molecule has 3 rings (SSSR count). The number of halogens is 3. The van der Waals surface area contributed by atoms with Gasteiger partial charge in [0.05, 0.1) is 11.6 Å². The Morgan fingerprint density at radius 2 is 1.79 bits per heavy atom. The predicted molar refractivity (Wildman–Crippen MR) is 85.0 cm³/mol. The van der Waals surface area contributed by atoms with Crippen molar-refractivity contribution in [2.45, 2.75) is 56.3 Å². The van der Waals surface area contributed by atoms with Crippen molar-refractivity contribution in [3.8, 4) is 0 Å². The molecule has 0 aromatic heterocycles. The monoisotopic (exact) mass is 339 g/mol. The molecule has 24 heavy (non-hydrogen) atoms. The summed E-state index contributed by atoms with van der Waals surface area (Å²) in [5.74, 6) is -0.408. The van der Waals surface area contributed by atoms with E-state index in [1.54, 1.807) is 12.1 Å². The number of carbonyl (C=O) groups excluding carboxylic acids is 1. The van der Waals surface area contributed by atoms with E-state index in [-0.39, 0.29) is 23.9 Å². The van der Waals surface area contributed by atoms with Crippen molar-refractivity contribution in [2.75, 3.05) is 6.54 Å². The fourth-order valence-electron chi connectivity index (χ4n) is 4.17. The third-order valence-corrected chi connectivity index (χ3v) is 5.30. The van der Waals surface area contributed by atoms with E-state index in [9.17, 15) is 18.0 Å². The lowest BCUT2D eigenvalue weighted by atomic mass is 9.79. The summed E-state index contributed by atoms with van der Waals surface area (Å²) in [5.41, 5.74) is 5.33. The zero-order valence-corrected chi connectivity index (χ0v) is 13.4. The smallest absolute Gasteiger partial charge is 0.368 e. The molecule has 131 valence electrons. The third kappa shape index (κ3) is 3.43. The standard InChI is InChI=1S/C18H22F3N2O/c19-18(20,21)15-5-2-1-4-14(15)12-7-9-13(10-8-12)23-11-3-6-16(23)17(22)24/h1-2,4-6,12-13,16H,3,7-11H2,(H2,22,24). The minimum absolute atomic E-state index is 0.0716. The molecule has 0 spiro atoms. The molecule has 1 radical (unpaired) electrons. The Balaban J connectivity index is 1.69. The van der Waals surface area contributed by atoms with Crippen molar-refractivity contribution in [3.63, 3.8) is 0 Å². The molecule has 0 bridgehead atoms. The summed E-state index contributed by atoms with van der Waals surface area (Å²) in [5, 5.41) is 0. The van der Waals surface area contributed by atoms with Crippen LogP contribution in [0.15, 0.2) is 24.3 Å². The predicted octanol–water partition coefficient (Wildman–Crippen LogP) is 3.50. The normalized spacial score (nSPS) is 28.9. The highest BCUT2D eigenvalue weighted by molar-refractivity contribution is 5.81. The van der Waals surface area contributed by atoms with Crippen LogP contribution in [0.25, 0.3) is 0 Å². The number of hydrogen-bond donors (Lipinski definition) is 1. The Bertz CT molecular complexity index is 594. The molecule has 1 saturated heterocycles. The van der Waals surface area contributed by atoms with Crippen LogP contribution in [0.2, 0.25) is 0 Å². The maximum Gasteiger partial charge on any atom is 0.416 e. The van der Waals surface area contributed by atoms with Crippen LogP contribution in [0.5, 0.6) is 0 Å². The van der Waals surface area contributed by atoms with Crippen molar-refractivity contribution in [1.29, 1.82) is 0 Å². The van der Waals surface area contributed by atoms with E-state index < -0.39 is 11.7 Å². The van der Waals surface area contributed by atoms with E-state index >= 15 is 0 Å². The van der Waals surface area contributed by atoms with Gasteiger partial charge >= 0.3 is 6.18 Å². The van der Waals surface area contributed by atoms with Gasteiger partial charge in [-0.2, -0.15) is 13.2 Å². The Kier molecular flexibility index (Phi) is 4.85. The fraction of sp³-hybridized carbons (Fsp3) is 0.556. The lowest BCUT2D eigenvalue weighted by Crippen LogP contribution is -2.47. The molecule has 1 unspecified atom stereocenters. The summed E-state index contributed by atoms with van der Waals surface area (Å²) in [6.07, 6.45) is 1.48. The van der Waals surface area contributed by atoms with Gasteiger partial charge in [-0.3, -0.25) is 9.69 Å². The van der Waals surface area contributed by atoms with E-state index in [4.69, 9.17) is 5.73 Å². The molecule has 1 atom stereocenters. The Morgan fingerprint density at radius 1 is 1.12 bits per heavy atom. The fourth-order valence-corrected chi connectivity index (χ4v) is 4.17. The number of alkyl halides is 3. The van der Waals surface area contributed by atoms with Gasteiger partial charge in [0.25, 0.3) is 0 Å². The summed E-state index contributed by atoms with van der Waals surface area (Å²) in [6.45, 7) is 0.808. The summed E-state index contributed by atoms with van der Waals surface area (Å²) in [6, 6.07) is 5.79. The average Bonchev–Trinajstić information content (AvgIpc) is 3.04. The number of nitrogens with two attached hydrogens (primary N) is 1. The number of nitrogens with zero attached hydrogens (tertiary/aromatic N) is 1. The van der Waals surface area contributed by atoms with Crippen LogP contribution in [0, 0.1) is 6.42 Å². The van der Waals surface area contributed by atoms with Gasteiger partial charge in [-0.1, -0.05) is 18.2 Å². The first-order valence-corrected chi connectivity index (χ1v) is 8.42. The first-order valence-electron chi connectivity index (χ1n) is 8.42. The lowest BCUT2D eigenvalue weighted by molar-refractivity contribution is -0.138. The zero-order valence-electron chi connectivity index (χ0n) is 13.4. The van der Waals surface area contributed by atoms with Crippen LogP contribution in [0.3, 0.4) is 0 Å². The van der Waals surface area contributed by atoms with Gasteiger partial charge in [0.1, 0.15) is 0 Å². The van der Waals surface area contributed by atoms with Crippen molar-refractivity contribution in [3.05, 3.63) is 41.8 Å². The maximum absolute atomic E-state index is 13.2. The first kappa shape index (κ1) is 17.3. The topological polar surface area (TPSA) is 46.3 Å². The second-order valence-electron chi connectivity index (χ2n) is 6.70. The minimum atomic E-state index is -4.31. The highest BCUT2D eigenvalue weighted by Gasteiger charge is 2.39. The van der Waals surface area contributed by atoms with Gasteiger partial charge in [-0.25, -0.2) is 0 Å². The number of carbonyl (C=O) groups is 1. The summed E-state index contributed by atoms with van der Waals surface area (Å²) in [4.78, 5) is 13.6. The third-order valence-electron chi connectivity index (χ3n) is 5.30. The largest absolute Gasteiger partial charge is 0.416 e. The molecular formula is C18H22F3N2O. The number of benzene rings is 1. The molecular weight excluding hydrogens is 317 g/mol. The summed E-state index contributed by atoms with van der Waals surface area (Å²) in [7, 11) is 0. The lowest BCUT2D eigenvalue weighted by Gasteiger charge is -2.37. The van der Waals surface area contributed by atoms with Gasteiger partial charge in [0.2, 0.25) is 5.91 Å². The molecule has 1 aliphatic heterocycles. The van der Waals surface area contributed by atoms with Crippen LogP contribution >= 0.6 is 0 Å². The van der Waals surface area contributed by atoms with E-state index in [0.717, 1.165) is 25.8 Å². The van der Waals surface area contributed by atoms with Crippen molar-refractivity contribution < 1.29 is 18.0 Å². The summed E-state index contributed by atoms with van der Waals surface area (Å²) >= 11 is 0. The summed E-state index contributed by atoms with van der Waals surface area (Å²) < 4.78 is 39.6. The van der Waals surface area contributed by atoms with E-state index in [2.05, 4.69) is 4.90 Å². The van der Waals surface area contributed by atoms with Crippen LogP contribution in [0.1, 0.15) is 49.1 Å². The van der Waals surface area contributed by atoms with Crippen LogP contribution in [-0.4, -0.2) is 29.4 Å². The molecule has 1 saturated carbocycles. The van der Waals surface area contributed by atoms with Crippen LogP contribution < -0.4 is 5.73 Å². The minimum Gasteiger partial charge on any atom is -0.368 e. The van der Waals surface area contributed by atoms with Gasteiger partial charge in [0, 0.05) is 6.04 Å². The maximum atomic E-state index is 13.2. The molecule has 1 aromatic rings. The second kappa shape index (κ2) is 6.75. The molecule has 2 fully saturated rings. The van der Waals surface area contributed by atoms with Gasteiger partial charge in [-0.05, 0) is 62.6 Å². The molecule has 6 heteroatoms. The SMILES string of the molecule is NC(=O)C1[CH]CCN1C1CCC(c2ccccc2C(F)(F)F)CC1. The quantitative estimate of drug-likeness (QED) is 0.916. The number of hydrogen-bond acceptors (Lipinski definition) is 2. The molecule has 2 aliphatic rings. The average molecular weight is 339 g/mol. The van der Waals surface area contributed by atoms with Crippen LogP contribution in [-0.2, 0) is 11.0 Å². The van der Waals surface area contributed by atoms with Crippen LogP contribution in [0.4, 0.5) is 13.2 Å². The van der Waals surface area contributed by atoms with E-state index in [1.165, 1.54) is 12.1 Å². The molecule has 1 amide bonds. The highest BCUT2D eigenvalue weighted by atomic mass is 19.4. The second-order valence-corrected chi connectivity index (χ2v) is 6.70. The van der Waals surface area contributed by atoms with Gasteiger partial charge < -0.3 is 5.73 Å². The number of amides is 1. The van der Waals surface area contributed by atoms with E-state index in [1.807, 2.05) is 6.42 Å².